The normalized spacial score (nSPS) is 12.6. The van der Waals surface area contributed by atoms with Crippen molar-refractivity contribution in [2.75, 3.05) is 6.61 Å². The average Bonchev–Trinajstić information content (AvgIpc) is 2.12. The van der Waals surface area contributed by atoms with Gasteiger partial charge in [-0.25, -0.2) is 4.39 Å². The fraction of sp³-hybridized carbons (Fsp3) is 0.400. The molecule has 0 amide bonds. The molecule has 0 spiro atoms. The molecular weight excluding hydrogens is 298 g/mol. The largest absolute Gasteiger partial charge is 0.465 e. The van der Waals surface area contributed by atoms with E-state index in [-0.39, 0.29) is 12.1 Å². The number of benzene rings is 1. The monoisotopic (exact) mass is 310 g/mol. The smallest absolute Gasteiger partial charge is 0.196 e. The summed E-state index contributed by atoms with van der Waals surface area (Å²) in [5, 5.41) is 0. The third-order valence-corrected chi connectivity index (χ3v) is 2.47. The van der Waals surface area contributed by atoms with Crippen LogP contribution in [0.2, 0.25) is 0 Å². The van der Waals surface area contributed by atoms with Gasteiger partial charge in [0, 0.05) is 16.2 Å². The van der Waals surface area contributed by atoms with Gasteiger partial charge in [0.15, 0.2) is 6.29 Å². The van der Waals surface area contributed by atoms with Gasteiger partial charge in [-0.1, -0.05) is 0 Å². The van der Waals surface area contributed by atoms with E-state index in [1.807, 2.05) is 29.5 Å². The van der Waals surface area contributed by atoms with Crippen molar-refractivity contribution in [1.29, 1.82) is 0 Å². The van der Waals surface area contributed by atoms with E-state index in [1.165, 1.54) is 6.07 Å². The second-order valence-corrected chi connectivity index (χ2v) is 3.88. The number of halogens is 2. The van der Waals surface area contributed by atoms with Crippen LogP contribution in [0.1, 0.15) is 13.8 Å². The van der Waals surface area contributed by atoms with E-state index in [1.54, 1.807) is 19.1 Å². The summed E-state index contributed by atoms with van der Waals surface area (Å²) in [5.74, 6) is 0.218. The zero-order valence-electron chi connectivity index (χ0n) is 8.09. The third-order valence-electron chi connectivity index (χ3n) is 1.59. The van der Waals surface area contributed by atoms with Gasteiger partial charge in [0.2, 0.25) is 0 Å². The Bertz CT molecular complexity index is 304. The van der Waals surface area contributed by atoms with Gasteiger partial charge in [-0.05, 0) is 48.6 Å². The van der Waals surface area contributed by atoms with Crippen LogP contribution in [0.15, 0.2) is 18.2 Å². The standard InChI is InChI=1S/C10H12FIO2/c1-3-13-7(2)14-8-4-5-10(12)9(11)6-8/h4-7H,3H2,1-2H3. The number of ether oxygens (including phenoxy) is 2. The zero-order valence-corrected chi connectivity index (χ0v) is 10.2. The van der Waals surface area contributed by atoms with E-state index in [4.69, 9.17) is 9.47 Å². The van der Waals surface area contributed by atoms with Crippen LogP contribution in [0.4, 0.5) is 4.39 Å². The summed E-state index contributed by atoms with van der Waals surface area (Å²) >= 11 is 1.93. The summed E-state index contributed by atoms with van der Waals surface area (Å²) in [6, 6.07) is 4.75. The van der Waals surface area contributed by atoms with Gasteiger partial charge in [0.05, 0.1) is 0 Å². The highest BCUT2D eigenvalue weighted by molar-refractivity contribution is 14.1. The molecule has 1 unspecified atom stereocenters. The summed E-state index contributed by atoms with van der Waals surface area (Å²) < 4.78 is 24.2. The van der Waals surface area contributed by atoms with Gasteiger partial charge in [-0.3, -0.25) is 0 Å². The molecule has 0 bridgehead atoms. The molecule has 1 aromatic rings. The first-order valence-corrected chi connectivity index (χ1v) is 5.44. The fourth-order valence-electron chi connectivity index (χ4n) is 1.01. The molecule has 1 rings (SSSR count). The summed E-state index contributed by atoms with van der Waals surface area (Å²) in [7, 11) is 0. The molecule has 0 aromatic heterocycles. The van der Waals surface area contributed by atoms with E-state index < -0.39 is 0 Å². The van der Waals surface area contributed by atoms with Gasteiger partial charge in [0.1, 0.15) is 11.6 Å². The van der Waals surface area contributed by atoms with Crippen molar-refractivity contribution in [2.45, 2.75) is 20.1 Å². The molecule has 0 aliphatic heterocycles. The first-order valence-electron chi connectivity index (χ1n) is 4.36. The topological polar surface area (TPSA) is 18.5 Å². The maximum atomic E-state index is 13.1. The molecule has 0 saturated heterocycles. The maximum absolute atomic E-state index is 13.1. The highest BCUT2D eigenvalue weighted by Gasteiger charge is 2.05. The van der Waals surface area contributed by atoms with E-state index in [9.17, 15) is 4.39 Å². The van der Waals surface area contributed by atoms with Crippen LogP contribution in [-0.2, 0) is 4.74 Å². The molecule has 0 aliphatic carbocycles. The van der Waals surface area contributed by atoms with Crippen LogP contribution in [0.25, 0.3) is 0 Å². The number of hydrogen-bond acceptors (Lipinski definition) is 2. The highest BCUT2D eigenvalue weighted by Crippen LogP contribution is 2.19. The van der Waals surface area contributed by atoms with Crippen LogP contribution in [0, 0.1) is 9.39 Å². The Kier molecular flexibility index (Phi) is 4.60. The lowest BCUT2D eigenvalue weighted by molar-refractivity contribution is -0.0614. The Balaban J connectivity index is 2.63. The lowest BCUT2D eigenvalue weighted by atomic mass is 10.3. The van der Waals surface area contributed by atoms with Gasteiger partial charge in [-0.15, -0.1) is 0 Å². The Morgan fingerprint density at radius 1 is 1.50 bits per heavy atom. The molecule has 0 fully saturated rings. The van der Waals surface area contributed by atoms with Gasteiger partial charge in [0.25, 0.3) is 0 Å². The Labute approximate surface area is 96.5 Å². The minimum atomic E-state index is -0.348. The summed E-state index contributed by atoms with van der Waals surface area (Å²) in [5.41, 5.74) is 0. The number of hydrogen-bond donors (Lipinski definition) is 0. The fourth-order valence-corrected chi connectivity index (χ4v) is 1.35. The Morgan fingerprint density at radius 3 is 2.79 bits per heavy atom. The predicted molar refractivity (Wildman–Crippen MR) is 60.8 cm³/mol. The lowest BCUT2D eigenvalue weighted by Crippen LogP contribution is -2.15. The van der Waals surface area contributed by atoms with Crippen molar-refractivity contribution in [3.63, 3.8) is 0 Å². The van der Waals surface area contributed by atoms with Crippen LogP contribution < -0.4 is 4.74 Å². The molecule has 0 saturated carbocycles. The van der Waals surface area contributed by atoms with Crippen LogP contribution in [-0.4, -0.2) is 12.9 Å². The van der Waals surface area contributed by atoms with E-state index in [0.29, 0.717) is 15.9 Å². The van der Waals surface area contributed by atoms with Crippen molar-refractivity contribution in [3.05, 3.63) is 27.6 Å². The SMILES string of the molecule is CCOC(C)Oc1ccc(I)c(F)c1. The molecule has 1 aromatic carbocycles. The molecule has 0 heterocycles. The molecule has 14 heavy (non-hydrogen) atoms. The molecular formula is C10H12FIO2. The van der Waals surface area contributed by atoms with Crippen LogP contribution in [0.5, 0.6) is 5.75 Å². The van der Waals surface area contributed by atoms with Gasteiger partial charge in [-0.2, -0.15) is 0 Å². The predicted octanol–water partition coefficient (Wildman–Crippen LogP) is 3.19. The quantitative estimate of drug-likeness (QED) is 0.628. The summed E-state index contributed by atoms with van der Waals surface area (Å²) in [6.45, 7) is 4.24. The van der Waals surface area contributed by atoms with Crippen molar-refractivity contribution >= 4 is 22.6 Å². The molecule has 1 atom stereocenters. The summed E-state index contributed by atoms with van der Waals surface area (Å²) in [4.78, 5) is 0. The molecule has 0 aliphatic rings. The van der Waals surface area contributed by atoms with Gasteiger partial charge >= 0.3 is 0 Å². The average molecular weight is 310 g/mol. The van der Waals surface area contributed by atoms with Crippen LogP contribution in [0.3, 0.4) is 0 Å². The Morgan fingerprint density at radius 2 is 2.21 bits per heavy atom. The molecule has 0 radical (unpaired) electrons. The van der Waals surface area contributed by atoms with E-state index in [0.717, 1.165) is 0 Å². The van der Waals surface area contributed by atoms with E-state index >= 15 is 0 Å². The summed E-state index contributed by atoms with van der Waals surface area (Å²) in [6.07, 6.45) is -0.348. The molecule has 4 heteroatoms. The molecule has 78 valence electrons. The second kappa shape index (κ2) is 5.50. The maximum Gasteiger partial charge on any atom is 0.196 e. The lowest BCUT2D eigenvalue weighted by Gasteiger charge is -2.14. The van der Waals surface area contributed by atoms with Crippen molar-refractivity contribution in [2.24, 2.45) is 0 Å². The minimum absolute atomic E-state index is 0.271. The van der Waals surface area contributed by atoms with Crippen molar-refractivity contribution in [1.82, 2.24) is 0 Å². The Hall–Kier alpha value is -0.360. The van der Waals surface area contributed by atoms with Gasteiger partial charge < -0.3 is 9.47 Å². The second-order valence-electron chi connectivity index (χ2n) is 2.72. The first-order chi connectivity index (χ1) is 6.63. The molecule has 0 N–H and O–H groups in total. The molecule has 2 nitrogen and oxygen atoms in total. The highest BCUT2D eigenvalue weighted by atomic mass is 127. The van der Waals surface area contributed by atoms with E-state index in [2.05, 4.69) is 0 Å². The van der Waals surface area contributed by atoms with Crippen LogP contribution >= 0.6 is 22.6 Å². The zero-order chi connectivity index (χ0) is 10.6. The van der Waals surface area contributed by atoms with Crippen molar-refractivity contribution in [3.8, 4) is 5.75 Å². The first kappa shape index (κ1) is 11.7. The van der Waals surface area contributed by atoms with Crippen molar-refractivity contribution < 1.29 is 13.9 Å². The minimum Gasteiger partial charge on any atom is -0.465 e. The number of rotatable bonds is 4. The third kappa shape index (κ3) is 3.42.